The molecule has 9 N–H and O–H groups in total. The lowest BCUT2D eigenvalue weighted by Gasteiger charge is -2.11. The molecule has 282 valence electrons. The Morgan fingerprint density at radius 3 is 1.53 bits per heavy atom. The molecule has 0 spiro atoms. The van der Waals surface area contributed by atoms with Crippen LogP contribution >= 0.6 is 35.1 Å². The maximum Gasteiger partial charge on any atom is 0.251 e. The molecule has 2 aromatic heterocycles. The van der Waals surface area contributed by atoms with Crippen molar-refractivity contribution in [2.45, 2.75) is 26.2 Å². The van der Waals surface area contributed by atoms with Crippen molar-refractivity contribution in [3.05, 3.63) is 106 Å². The number of halogens is 1. The van der Waals surface area contributed by atoms with Crippen molar-refractivity contribution in [1.82, 2.24) is 15.3 Å². The Kier molecular flexibility index (Phi) is 17.1. The molecular weight excluding hydrogens is 740 g/mol. The van der Waals surface area contributed by atoms with E-state index in [-0.39, 0.29) is 36.8 Å². The van der Waals surface area contributed by atoms with Gasteiger partial charge in [0.25, 0.3) is 5.91 Å². The van der Waals surface area contributed by atoms with Crippen molar-refractivity contribution in [1.29, 1.82) is 0 Å². The summed E-state index contributed by atoms with van der Waals surface area (Å²) in [5, 5.41) is 13.7. The van der Waals surface area contributed by atoms with E-state index >= 15 is 0 Å². The van der Waals surface area contributed by atoms with Crippen LogP contribution in [0.5, 0.6) is 23.0 Å². The molecule has 3 aromatic carbocycles. The summed E-state index contributed by atoms with van der Waals surface area (Å²) in [5.74, 6) is 3.10. The van der Waals surface area contributed by atoms with Gasteiger partial charge in [0.2, 0.25) is 0 Å². The smallest absolute Gasteiger partial charge is 0.251 e. The highest BCUT2D eigenvalue weighted by Crippen LogP contribution is 2.30. The summed E-state index contributed by atoms with van der Waals surface area (Å²) in [6.07, 6.45) is 0. The second-order valence-electron chi connectivity index (χ2n) is 10.5. The molecular formula is C35H43ClN10O5S2. The summed E-state index contributed by atoms with van der Waals surface area (Å²) in [6.45, 7) is 1.34. The molecule has 5 rings (SSSR count). The largest absolute Gasteiger partial charge is 0.496 e. The second kappa shape index (κ2) is 21.7. The number of hydrogen-bond donors (Lipinski definition) is 6. The first-order valence-corrected chi connectivity index (χ1v) is 17.5. The van der Waals surface area contributed by atoms with Crippen LogP contribution in [0.1, 0.15) is 32.9 Å². The van der Waals surface area contributed by atoms with Crippen LogP contribution in [0.25, 0.3) is 0 Å². The quantitative estimate of drug-likeness (QED) is 0.0649. The number of benzene rings is 3. The van der Waals surface area contributed by atoms with Crippen LogP contribution in [0.3, 0.4) is 0 Å². The molecule has 0 atom stereocenters. The normalized spacial score (nSPS) is 11.0. The molecule has 0 saturated carbocycles. The zero-order valence-electron chi connectivity index (χ0n) is 29.6. The molecule has 5 aromatic rings. The number of ether oxygens (including phenoxy) is 4. The van der Waals surface area contributed by atoms with Gasteiger partial charge < -0.3 is 52.1 Å². The number of thiazole rings is 2. The minimum absolute atomic E-state index is 0. The molecule has 18 heteroatoms. The van der Waals surface area contributed by atoms with Gasteiger partial charge in [-0.3, -0.25) is 4.79 Å². The number of amides is 1. The number of aromatic nitrogens is 2. The number of nitrogens with zero attached hydrogens (tertiary/aromatic N) is 4. The molecule has 53 heavy (non-hydrogen) atoms. The van der Waals surface area contributed by atoms with E-state index in [1.165, 1.54) is 22.7 Å². The number of guanidine groups is 2. The Hall–Kier alpha value is -5.62. The summed E-state index contributed by atoms with van der Waals surface area (Å²) >= 11 is 2.81. The standard InChI is InChI=1S/C21H23N5O3S.C14H19N5O2S.ClH/c1-28-17-9-6-10-18(29-2)16(17)12-24-20(22)26-21-25-15(13-30-21)11-23-19(27)14-7-4-3-5-8-14;1-20-11-4-3-5-12(21-2)10(11)7-17-13(16)19-14-18-9(6-15)8-22-14;/h3-10,13H,11-12H2,1-2H3,(H,23,27)(H3,22,24,25,26);3-5,8H,6-7,15H2,1-2H3,(H3,16,17,18,19);1H. The predicted octanol–water partition coefficient (Wildman–Crippen LogP) is 4.98. The molecule has 0 aliphatic rings. The third-order valence-electron chi connectivity index (χ3n) is 7.12. The SMILES string of the molecule is COc1cccc(OC)c1CN=C(N)Nc1nc(CN)cs1.COc1cccc(OC)c1CN=C(N)Nc1nc(CNC(=O)c2ccccc2)cs1.Cl. The lowest BCUT2D eigenvalue weighted by molar-refractivity contribution is 0.0950. The Balaban J connectivity index is 0.000000293. The first-order valence-electron chi connectivity index (χ1n) is 15.7. The van der Waals surface area contributed by atoms with E-state index in [1.54, 1.807) is 40.6 Å². The fourth-order valence-electron chi connectivity index (χ4n) is 4.56. The van der Waals surface area contributed by atoms with Gasteiger partial charge in [-0.15, -0.1) is 35.1 Å². The number of hydrogen-bond acceptors (Lipinski definition) is 12. The van der Waals surface area contributed by atoms with Crippen LogP contribution in [-0.4, -0.2) is 56.2 Å². The molecule has 0 unspecified atom stereocenters. The number of aliphatic imine (C=N–C) groups is 2. The average molecular weight is 783 g/mol. The number of rotatable bonds is 14. The summed E-state index contributed by atoms with van der Waals surface area (Å²) < 4.78 is 21.4. The number of nitrogens with two attached hydrogens (primary N) is 3. The lowest BCUT2D eigenvalue weighted by Crippen LogP contribution is -2.24. The highest BCUT2D eigenvalue weighted by molar-refractivity contribution is 7.14. The molecule has 15 nitrogen and oxygen atoms in total. The van der Waals surface area contributed by atoms with Gasteiger partial charge in [-0.05, 0) is 36.4 Å². The van der Waals surface area contributed by atoms with Crippen molar-refractivity contribution < 1.29 is 23.7 Å². The molecule has 2 heterocycles. The van der Waals surface area contributed by atoms with Crippen molar-refractivity contribution in [3.63, 3.8) is 0 Å². The molecule has 0 saturated heterocycles. The van der Waals surface area contributed by atoms with Gasteiger partial charge in [0, 0.05) is 22.9 Å². The van der Waals surface area contributed by atoms with Crippen LogP contribution in [-0.2, 0) is 26.2 Å². The van der Waals surface area contributed by atoms with Crippen LogP contribution in [0.4, 0.5) is 10.3 Å². The average Bonchev–Trinajstić information content (AvgIpc) is 3.84. The van der Waals surface area contributed by atoms with Gasteiger partial charge in [0.05, 0.1) is 70.6 Å². The van der Waals surface area contributed by atoms with Crippen molar-refractivity contribution in [3.8, 4) is 23.0 Å². The topological polar surface area (TPSA) is 219 Å². The van der Waals surface area contributed by atoms with Crippen LogP contribution in [0, 0.1) is 0 Å². The fraction of sp³-hybridized carbons (Fsp3) is 0.229. The summed E-state index contributed by atoms with van der Waals surface area (Å²) in [6, 6.07) is 20.1. The maximum atomic E-state index is 12.1. The molecule has 0 aliphatic carbocycles. The number of anilines is 2. The number of carbonyl (C=O) groups excluding carboxylic acids is 1. The van der Waals surface area contributed by atoms with Crippen LogP contribution in [0.2, 0.25) is 0 Å². The minimum atomic E-state index is -0.148. The molecule has 0 fully saturated rings. The predicted molar refractivity (Wildman–Crippen MR) is 214 cm³/mol. The molecule has 1 amide bonds. The number of methoxy groups -OCH3 is 4. The van der Waals surface area contributed by atoms with Crippen LogP contribution in [0.15, 0.2) is 87.5 Å². The van der Waals surface area contributed by atoms with Gasteiger partial charge in [-0.25, -0.2) is 20.0 Å². The Labute approximate surface area is 322 Å². The van der Waals surface area contributed by atoms with Gasteiger partial charge in [0.15, 0.2) is 22.2 Å². The van der Waals surface area contributed by atoms with E-state index in [1.807, 2.05) is 65.4 Å². The monoisotopic (exact) mass is 782 g/mol. The van der Waals surface area contributed by atoms with E-state index in [2.05, 4.69) is 35.9 Å². The van der Waals surface area contributed by atoms with Gasteiger partial charge in [-0.2, -0.15) is 0 Å². The number of nitrogens with one attached hydrogen (secondary N) is 3. The van der Waals surface area contributed by atoms with Gasteiger partial charge in [-0.1, -0.05) is 30.3 Å². The first kappa shape index (κ1) is 41.8. The Morgan fingerprint density at radius 1 is 0.679 bits per heavy atom. The highest BCUT2D eigenvalue weighted by atomic mass is 35.5. The summed E-state index contributed by atoms with van der Waals surface area (Å²) in [7, 11) is 6.40. The highest BCUT2D eigenvalue weighted by Gasteiger charge is 2.12. The second-order valence-corrected chi connectivity index (χ2v) is 12.2. The fourth-order valence-corrected chi connectivity index (χ4v) is 6.01. The molecule has 0 radical (unpaired) electrons. The van der Waals surface area contributed by atoms with Crippen molar-refractivity contribution in [2.24, 2.45) is 27.2 Å². The van der Waals surface area contributed by atoms with Crippen LogP contribution < -0.4 is 52.1 Å². The van der Waals surface area contributed by atoms with E-state index in [0.29, 0.717) is 58.5 Å². The van der Waals surface area contributed by atoms with Gasteiger partial charge in [0.1, 0.15) is 23.0 Å². The Morgan fingerprint density at radius 2 is 1.11 bits per heavy atom. The lowest BCUT2D eigenvalue weighted by atomic mass is 10.2. The summed E-state index contributed by atoms with van der Waals surface area (Å²) in [4.78, 5) is 29.5. The third kappa shape index (κ3) is 12.5. The molecule has 0 aliphatic heterocycles. The van der Waals surface area contributed by atoms with Crippen molar-refractivity contribution in [2.75, 3.05) is 39.1 Å². The summed E-state index contributed by atoms with van der Waals surface area (Å²) in [5.41, 5.74) is 21.2. The van der Waals surface area contributed by atoms with E-state index in [9.17, 15) is 4.79 Å². The van der Waals surface area contributed by atoms with Gasteiger partial charge >= 0.3 is 0 Å². The zero-order chi connectivity index (χ0) is 37.3. The van der Waals surface area contributed by atoms with E-state index < -0.39 is 0 Å². The molecule has 0 bridgehead atoms. The van der Waals surface area contributed by atoms with E-state index in [4.69, 9.17) is 36.1 Å². The Bertz CT molecular complexity index is 1910. The third-order valence-corrected chi connectivity index (χ3v) is 8.74. The first-order chi connectivity index (χ1) is 25.3. The van der Waals surface area contributed by atoms with E-state index in [0.717, 1.165) is 22.5 Å². The van der Waals surface area contributed by atoms with Crippen molar-refractivity contribution >= 4 is 63.2 Å². The zero-order valence-corrected chi connectivity index (χ0v) is 32.1. The minimum Gasteiger partial charge on any atom is -0.496 e. The number of carbonyl (C=O) groups is 1. The maximum absolute atomic E-state index is 12.1.